The fraction of sp³-hybridized carbons (Fsp3) is 0.800. The van der Waals surface area contributed by atoms with Crippen LogP contribution in [-0.4, -0.2) is 39.8 Å². The first-order valence-corrected chi connectivity index (χ1v) is 8.89. The maximum Gasteiger partial charge on any atom is 0.231 e. The van der Waals surface area contributed by atoms with Gasteiger partial charge in [-0.05, 0) is 32.1 Å². The molecule has 5 nitrogen and oxygen atoms in total. The fourth-order valence-corrected chi connectivity index (χ4v) is 3.05. The van der Waals surface area contributed by atoms with Crippen LogP contribution in [0.5, 0.6) is 0 Å². The highest BCUT2D eigenvalue weighted by atomic mass is 32.2. The normalized spacial score (nSPS) is 17.1. The topological polar surface area (TPSA) is 53.9 Å². The summed E-state index contributed by atoms with van der Waals surface area (Å²) < 4.78 is 0. The zero-order chi connectivity index (χ0) is 15.2. The van der Waals surface area contributed by atoms with Gasteiger partial charge in [-0.3, -0.25) is 0 Å². The van der Waals surface area contributed by atoms with Crippen molar-refractivity contribution < 1.29 is 0 Å². The molecule has 0 radical (unpaired) electrons. The van der Waals surface area contributed by atoms with Gasteiger partial charge in [0.15, 0.2) is 5.16 Å². The van der Waals surface area contributed by atoms with Crippen LogP contribution >= 0.6 is 11.8 Å². The van der Waals surface area contributed by atoms with E-state index in [-0.39, 0.29) is 0 Å². The standard InChI is InChI=1S/C15H27N5S/c1-5-16-13-17-14(20-9-7-6-8-10-20)19-15(18-13)21-12(4)11(2)3/h11-12H,5-10H2,1-4H3,(H,16,17,18,19). The molecule has 1 fully saturated rings. The van der Waals surface area contributed by atoms with Crippen molar-refractivity contribution in [2.75, 3.05) is 29.9 Å². The lowest BCUT2D eigenvalue weighted by molar-refractivity contribution is 0.564. The fourth-order valence-electron chi connectivity index (χ4n) is 2.17. The van der Waals surface area contributed by atoms with E-state index in [1.807, 2.05) is 0 Å². The average Bonchev–Trinajstić information content (AvgIpc) is 2.48. The van der Waals surface area contributed by atoms with Crippen molar-refractivity contribution in [1.29, 1.82) is 0 Å². The van der Waals surface area contributed by atoms with Gasteiger partial charge in [-0.25, -0.2) is 0 Å². The van der Waals surface area contributed by atoms with Crippen molar-refractivity contribution in [2.24, 2.45) is 5.92 Å². The van der Waals surface area contributed by atoms with Crippen LogP contribution < -0.4 is 10.2 Å². The van der Waals surface area contributed by atoms with Crippen LogP contribution in [0.4, 0.5) is 11.9 Å². The molecule has 0 aromatic carbocycles. The third-order valence-corrected chi connectivity index (χ3v) is 5.12. The Morgan fingerprint density at radius 2 is 1.81 bits per heavy atom. The van der Waals surface area contributed by atoms with Gasteiger partial charge in [0.2, 0.25) is 11.9 Å². The molecule has 1 aromatic rings. The summed E-state index contributed by atoms with van der Waals surface area (Å²) in [6.45, 7) is 11.7. The first-order chi connectivity index (χ1) is 10.1. The largest absolute Gasteiger partial charge is 0.354 e. The van der Waals surface area contributed by atoms with Crippen molar-refractivity contribution in [3.63, 3.8) is 0 Å². The lowest BCUT2D eigenvalue weighted by Crippen LogP contribution is -2.31. The van der Waals surface area contributed by atoms with Crippen LogP contribution in [0, 0.1) is 5.92 Å². The molecule has 0 spiro atoms. The molecule has 2 heterocycles. The number of hydrogen-bond acceptors (Lipinski definition) is 6. The van der Waals surface area contributed by atoms with Crippen molar-refractivity contribution in [3.05, 3.63) is 0 Å². The summed E-state index contributed by atoms with van der Waals surface area (Å²) in [4.78, 5) is 16.1. The average molecular weight is 309 g/mol. The molecule has 0 amide bonds. The Hall–Kier alpha value is -1.04. The number of aromatic nitrogens is 3. The molecule has 0 bridgehead atoms. The number of anilines is 2. The molecule has 1 aliphatic heterocycles. The van der Waals surface area contributed by atoms with Gasteiger partial charge in [0.05, 0.1) is 0 Å². The van der Waals surface area contributed by atoms with Crippen molar-refractivity contribution in [3.8, 4) is 0 Å². The zero-order valence-electron chi connectivity index (χ0n) is 13.6. The molecule has 21 heavy (non-hydrogen) atoms. The summed E-state index contributed by atoms with van der Waals surface area (Å²) in [6.07, 6.45) is 3.77. The van der Waals surface area contributed by atoms with E-state index < -0.39 is 0 Å². The Balaban J connectivity index is 2.20. The Morgan fingerprint density at radius 1 is 1.10 bits per heavy atom. The molecule has 2 rings (SSSR count). The van der Waals surface area contributed by atoms with Gasteiger partial charge in [0, 0.05) is 24.9 Å². The van der Waals surface area contributed by atoms with Crippen LogP contribution in [-0.2, 0) is 0 Å². The summed E-state index contributed by atoms with van der Waals surface area (Å²) in [5.74, 6) is 2.14. The Labute approximate surface area is 132 Å². The van der Waals surface area contributed by atoms with Crippen LogP contribution in [0.1, 0.15) is 47.0 Å². The minimum Gasteiger partial charge on any atom is -0.354 e. The molecule has 6 heteroatoms. The second-order valence-corrected chi connectivity index (χ2v) is 7.23. The first-order valence-electron chi connectivity index (χ1n) is 8.01. The Bertz CT molecular complexity index is 446. The van der Waals surface area contributed by atoms with E-state index in [1.165, 1.54) is 19.3 Å². The lowest BCUT2D eigenvalue weighted by Gasteiger charge is -2.27. The predicted octanol–water partition coefficient (Wildman–Crippen LogP) is 3.43. The van der Waals surface area contributed by atoms with Gasteiger partial charge >= 0.3 is 0 Å². The molecule has 0 aliphatic carbocycles. The molecule has 0 saturated carbocycles. The summed E-state index contributed by atoms with van der Waals surface area (Å²) in [7, 11) is 0. The molecular formula is C15H27N5S. The quantitative estimate of drug-likeness (QED) is 0.813. The van der Waals surface area contributed by atoms with Gasteiger partial charge < -0.3 is 10.2 Å². The highest BCUT2D eigenvalue weighted by Crippen LogP contribution is 2.27. The third-order valence-electron chi connectivity index (χ3n) is 3.81. The second kappa shape index (κ2) is 7.82. The minimum atomic E-state index is 0.496. The molecule has 118 valence electrons. The van der Waals surface area contributed by atoms with Crippen LogP contribution in [0.2, 0.25) is 0 Å². The van der Waals surface area contributed by atoms with E-state index in [0.717, 1.165) is 30.7 Å². The second-order valence-electron chi connectivity index (χ2n) is 5.89. The minimum absolute atomic E-state index is 0.496. The number of nitrogens with zero attached hydrogens (tertiary/aromatic N) is 4. The number of thioether (sulfide) groups is 1. The van der Waals surface area contributed by atoms with Crippen LogP contribution in [0.3, 0.4) is 0 Å². The Kier molecular flexibility index (Phi) is 6.08. The molecule has 1 N–H and O–H groups in total. The lowest BCUT2D eigenvalue weighted by atomic mass is 10.1. The van der Waals surface area contributed by atoms with E-state index in [2.05, 4.69) is 52.9 Å². The maximum absolute atomic E-state index is 4.69. The molecule has 1 aliphatic rings. The number of nitrogens with one attached hydrogen (secondary N) is 1. The van der Waals surface area contributed by atoms with E-state index in [0.29, 0.717) is 17.1 Å². The van der Waals surface area contributed by atoms with Crippen molar-refractivity contribution >= 4 is 23.7 Å². The van der Waals surface area contributed by atoms with Gasteiger partial charge in [-0.15, -0.1) is 0 Å². The van der Waals surface area contributed by atoms with Gasteiger partial charge in [0.1, 0.15) is 0 Å². The smallest absolute Gasteiger partial charge is 0.231 e. The van der Waals surface area contributed by atoms with Gasteiger partial charge in [0.25, 0.3) is 0 Å². The summed E-state index contributed by atoms with van der Waals surface area (Å²) >= 11 is 1.74. The van der Waals surface area contributed by atoms with Crippen LogP contribution in [0.15, 0.2) is 5.16 Å². The zero-order valence-corrected chi connectivity index (χ0v) is 14.4. The SMILES string of the molecule is CCNc1nc(SC(C)C(C)C)nc(N2CCCCC2)n1. The molecule has 1 unspecified atom stereocenters. The van der Waals surface area contributed by atoms with Crippen molar-refractivity contribution in [1.82, 2.24) is 15.0 Å². The summed E-state index contributed by atoms with van der Waals surface area (Å²) in [5.41, 5.74) is 0. The highest BCUT2D eigenvalue weighted by Gasteiger charge is 2.18. The monoisotopic (exact) mass is 309 g/mol. The van der Waals surface area contributed by atoms with E-state index in [4.69, 9.17) is 0 Å². The predicted molar refractivity (Wildman–Crippen MR) is 90.2 cm³/mol. The summed E-state index contributed by atoms with van der Waals surface area (Å²) in [6, 6.07) is 0. The maximum atomic E-state index is 4.69. The number of piperidine rings is 1. The van der Waals surface area contributed by atoms with Crippen LogP contribution in [0.25, 0.3) is 0 Å². The number of hydrogen-bond donors (Lipinski definition) is 1. The molecule has 1 atom stereocenters. The van der Waals surface area contributed by atoms with E-state index in [1.54, 1.807) is 11.8 Å². The number of rotatable bonds is 6. The van der Waals surface area contributed by atoms with E-state index >= 15 is 0 Å². The van der Waals surface area contributed by atoms with Crippen molar-refractivity contribution in [2.45, 2.75) is 57.4 Å². The van der Waals surface area contributed by atoms with Gasteiger partial charge in [-0.1, -0.05) is 32.5 Å². The molecular weight excluding hydrogens is 282 g/mol. The first kappa shape index (κ1) is 16.3. The molecule has 1 aromatic heterocycles. The third kappa shape index (κ3) is 4.73. The molecule has 1 saturated heterocycles. The van der Waals surface area contributed by atoms with E-state index in [9.17, 15) is 0 Å². The highest BCUT2D eigenvalue weighted by molar-refractivity contribution is 7.99. The Morgan fingerprint density at radius 3 is 2.43 bits per heavy atom. The summed E-state index contributed by atoms with van der Waals surface area (Å²) in [5, 5.41) is 4.56. The van der Waals surface area contributed by atoms with Gasteiger partial charge in [-0.2, -0.15) is 15.0 Å².